The third-order valence-corrected chi connectivity index (χ3v) is 4.21. The van der Waals surface area contributed by atoms with Gasteiger partial charge in [-0.1, -0.05) is 44.2 Å². The Morgan fingerprint density at radius 3 is 2.62 bits per heavy atom. The molecule has 0 N–H and O–H groups in total. The van der Waals surface area contributed by atoms with Crippen molar-refractivity contribution >= 4 is 0 Å². The molecule has 2 aromatic carbocycles. The summed E-state index contributed by atoms with van der Waals surface area (Å²) in [6.45, 7) is 5.06. The monoisotopic (exact) mass is 282 g/mol. The molecule has 1 aliphatic heterocycles. The fraction of sp³-hybridized carbons (Fsp3) is 0.368. The molecule has 0 bridgehead atoms. The lowest BCUT2D eigenvalue weighted by molar-refractivity contribution is 0.148. The van der Waals surface area contributed by atoms with E-state index in [9.17, 15) is 0 Å². The summed E-state index contributed by atoms with van der Waals surface area (Å²) in [6.07, 6.45) is 2.21. The second kappa shape index (κ2) is 6.21. The summed E-state index contributed by atoms with van der Waals surface area (Å²) in [4.78, 5) is 0. The summed E-state index contributed by atoms with van der Waals surface area (Å²) in [7, 11) is 0. The van der Waals surface area contributed by atoms with E-state index in [0.29, 0.717) is 12.5 Å². The SMILES string of the molecule is CCC(C)c1ccc(OCC2Cc3ccccc3O2)cc1. The lowest BCUT2D eigenvalue weighted by Crippen LogP contribution is -2.22. The van der Waals surface area contributed by atoms with Gasteiger partial charge in [0.1, 0.15) is 24.2 Å². The first kappa shape index (κ1) is 14.0. The molecule has 21 heavy (non-hydrogen) atoms. The minimum Gasteiger partial charge on any atom is -0.490 e. The zero-order chi connectivity index (χ0) is 14.7. The third kappa shape index (κ3) is 3.21. The molecule has 110 valence electrons. The lowest BCUT2D eigenvalue weighted by atomic mass is 9.99. The highest BCUT2D eigenvalue weighted by Gasteiger charge is 2.22. The molecule has 0 saturated heterocycles. The van der Waals surface area contributed by atoms with Gasteiger partial charge in [0.2, 0.25) is 0 Å². The lowest BCUT2D eigenvalue weighted by Gasteiger charge is -2.14. The molecule has 2 nitrogen and oxygen atoms in total. The van der Waals surface area contributed by atoms with Crippen LogP contribution < -0.4 is 9.47 Å². The van der Waals surface area contributed by atoms with Gasteiger partial charge in [-0.25, -0.2) is 0 Å². The second-order valence-corrected chi connectivity index (χ2v) is 5.74. The van der Waals surface area contributed by atoms with E-state index in [4.69, 9.17) is 9.47 Å². The van der Waals surface area contributed by atoms with Gasteiger partial charge in [-0.2, -0.15) is 0 Å². The molecule has 0 fully saturated rings. The van der Waals surface area contributed by atoms with Gasteiger partial charge in [-0.05, 0) is 41.7 Å². The second-order valence-electron chi connectivity index (χ2n) is 5.74. The van der Waals surface area contributed by atoms with Gasteiger partial charge in [0, 0.05) is 6.42 Å². The van der Waals surface area contributed by atoms with Crippen molar-refractivity contribution in [2.75, 3.05) is 6.61 Å². The summed E-state index contributed by atoms with van der Waals surface area (Å²) in [5, 5.41) is 0. The first-order valence-electron chi connectivity index (χ1n) is 7.73. The fourth-order valence-corrected chi connectivity index (χ4v) is 2.66. The molecule has 0 amide bonds. The number of ether oxygens (including phenoxy) is 2. The van der Waals surface area contributed by atoms with E-state index in [2.05, 4.69) is 50.2 Å². The van der Waals surface area contributed by atoms with Crippen LogP contribution in [0.4, 0.5) is 0 Å². The van der Waals surface area contributed by atoms with E-state index in [1.807, 2.05) is 12.1 Å². The van der Waals surface area contributed by atoms with Crippen molar-refractivity contribution in [2.45, 2.75) is 38.7 Å². The number of rotatable bonds is 5. The fourth-order valence-electron chi connectivity index (χ4n) is 2.66. The Morgan fingerprint density at radius 1 is 1.14 bits per heavy atom. The Morgan fingerprint density at radius 2 is 1.90 bits per heavy atom. The largest absolute Gasteiger partial charge is 0.490 e. The summed E-state index contributed by atoms with van der Waals surface area (Å²) in [6, 6.07) is 16.6. The predicted octanol–water partition coefficient (Wildman–Crippen LogP) is 4.58. The van der Waals surface area contributed by atoms with Gasteiger partial charge in [-0.15, -0.1) is 0 Å². The molecule has 0 radical (unpaired) electrons. The van der Waals surface area contributed by atoms with Crippen LogP contribution in [0.5, 0.6) is 11.5 Å². The average Bonchev–Trinajstić information content (AvgIpc) is 2.95. The molecule has 0 saturated carbocycles. The minimum absolute atomic E-state index is 0.122. The number of hydrogen-bond acceptors (Lipinski definition) is 2. The summed E-state index contributed by atoms with van der Waals surface area (Å²) >= 11 is 0. The molecule has 3 rings (SSSR count). The first-order chi connectivity index (χ1) is 10.3. The van der Waals surface area contributed by atoms with Crippen LogP contribution in [0.25, 0.3) is 0 Å². The van der Waals surface area contributed by atoms with Gasteiger partial charge >= 0.3 is 0 Å². The van der Waals surface area contributed by atoms with Crippen molar-refractivity contribution < 1.29 is 9.47 Å². The molecular formula is C19H22O2. The highest BCUT2D eigenvalue weighted by molar-refractivity contribution is 5.37. The van der Waals surface area contributed by atoms with E-state index in [0.717, 1.165) is 24.3 Å². The van der Waals surface area contributed by atoms with Crippen LogP contribution in [0.2, 0.25) is 0 Å². The molecule has 1 aliphatic rings. The molecular weight excluding hydrogens is 260 g/mol. The van der Waals surface area contributed by atoms with Crippen LogP contribution in [-0.2, 0) is 6.42 Å². The molecule has 0 spiro atoms. The van der Waals surface area contributed by atoms with Crippen molar-refractivity contribution in [1.82, 2.24) is 0 Å². The van der Waals surface area contributed by atoms with Crippen LogP contribution in [0.1, 0.15) is 37.3 Å². The molecule has 2 heteroatoms. The Kier molecular flexibility index (Phi) is 4.14. The topological polar surface area (TPSA) is 18.5 Å². The van der Waals surface area contributed by atoms with E-state index >= 15 is 0 Å². The summed E-state index contributed by atoms with van der Waals surface area (Å²) in [5.41, 5.74) is 2.65. The Hall–Kier alpha value is -1.96. The Balaban J connectivity index is 1.55. The Labute approximate surface area is 126 Å². The van der Waals surface area contributed by atoms with Crippen molar-refractivity contribution in [2.24, 2.45) is 0 Å². The van der Waals surface area contributed by atoms with Crippen LogP contribution in [0.3, 0.4) is 0 Å². The van der Waals surface area contributed by atoms with E-state index < -0.39 is 0 Å². The van der Waals surface area contributed by atoms with Gasteiger partial charge in [0.25, 0.3) is 0 Å². The average molecular weight is 282 g/mol. The Bertz CT molecular complexity index is 564. The number of benzene rings is 2. The van der Waals surface area contributed by atoms with E-state index in [1.54, 1.807) is 0 Å². The van der Waals surface area contributed by atoms with Crippen LogP contribution in [-0.4, -0.2) is 12.7 Å². The number of para-hydroxylation sites is 1. The van der Waals surface area contributed by atoms with Gasteiger partial charge in [-0.3, -0.25) is 0 Å². The number of fused-ring (bicyclic) bond motifs is 1. The third-order valence-electron chi connectivity index (χ3n) is 4.21. The number of hydrogen-bond donors (Lipinski definition) is 0. The van der Waals surface area contributed by atoms with Gasteiger partial charge < -0.3 is 9.47 Å². The van der Waals surface area contributed by atoms with Crippen LogP contribution >= 0.6 is 0 Å². The normalized spacial score (nSPS) is 17.9. The van der Waals surface area contributed by atoms with Crippen LogP contribution in [0.15, 0.2) is 48.5 Å². The van der Waals surface area contributed by atoms with Gasteiger partial charge in [0.15, 0.2) is 0 Å². The molecule has 2 aromatic rings. The van der Waals surface area contributed by atoms with Crippen molar-refractivity contribution in [1.29, 1.82) is 0 Å². The van der Waals surface area contributed by atoms with E-state index in [1.165, 1.54) is 11.1 Å². The minimum atomic E-state index is 0.122. The summed E-state index contributed by atoms with van der Waals surface area (Å²) in [5.74, 6) is 2.52. The standard InChI is InChI=1S/C19H22O2/c1-3-14(2)15-8-10-17(11-9-15)20-13-18-12-16-6-4-5-7-19(16)21-18/h4-11,14,18H,3,12-13H2,1-2H3. The zero-order valence-corrected chi connectivity index (χ0v) is 12.7. The quantitative estimate of drug-likeness (QED) is 0.799. The highest BCUT2D eigenvalue weighted by Crippen LogP contribution is 2.28. The molecule has 2 unspecified atom stereocenters. The maximum atomic E-state index is 5.88. The predicted molar refractivity (Wildman–Crippen MR) is 85.2 cm³/mol. The van der Waals surface area contributed by atoms with Gasteiger partial charge in [0.05, 0.1) is 0 Å². The molecule has 0 aromatic heterocycles. The summed E-state index contributed by atoms with van der Waals surface area (Å²) < 4.78 is 11.7. The van der Waals surface area contributed by atoms with Crippen LogP contribution in [0, 0.1) is 0 Å². The maximum absolute atomic E-state index is 5.88. The maximum Gasteiger partial charge on any atom is 0.137 e. The molecule has 2 atom stereocenters. The first-order valence-corrected chi connectivity index (χ1v) is 7.73. The smallest absolute Gasteiger partial charge is 0.137 e. The highest BCUT2D eigenvalue weighted by atomic mass is 16.5. The van der Waals surface area contributed by atoms with E-state index in [-0.39, 0.29) is 6.10 Å². The van der Waals surface area contributed by atoms with Crippen molar-refractivity contribution in [3.63, 3.8) is 0 Å². The van der Waals surface area contributed by atoms with Crippen molar-refractivity contribution in [3.05, 3.63) is 59.7 Å². The molecule has 1 heterocycles. The molecule has 0 aliphatic carbocycles. The zero-order valence-electron chi connectivity index (χ0n) is 12.7. The van der Waals surface area contributed by atoms with Crippen molar-refractivity contribution in [3.8, 4) is 11.5 Å².